The lowest BCUT2D eigenvalue weighted by Gasteiger charge is -2.25. The molecule has 0 spiro atoms. The summed E-state index contributed by atoms with van der Waals surface area (Å²) in [5.74, 6) is 0. The van der Waals surface area contributed by atoms with Gasteiger partial charge in [-0.3, -0.25) is 4.57 Å². The second-order valence-electron chi connectivity index (χ2n) is 6.18. The highest BCUT2D eigenvalue weighted by molar-refractivity contribution is 7.97. The fourth-order valence-corrected chi connectivity index (χ4v) is 3.87. The summed E-state index contributed by atoms with van der Waals surface area (Å²) in [6.45, 7) is 4.00. The Balaban J connectivity index is 1.34. The van der Waals surface area contributed by atoms with Gasteiger partial charge in [0, 0.05) is 36.1 Å². The van der Waals surface area contributed by atoms with Crippen LogP contribution in [0.2, 0.25) is 0 Å². The van der Waals surface area contributed by atoms with Crippen molar-refractivity contribution in [1.82, 2.24) is 14.2 Å². The van der Waals surface area contributed by atoms with Gasteiger partial charge in [0.1, 0.15) is 0 Å². The molecule has 134 valence electrons. The first-order chi connectivity index (χ1) is 12.8. The Morgan fingerprint density at radius 2 is 1.81 bits per heavy atom. The number of benzene rings is 2. The Bertz CT molecular complexity index is 885. The van der Waals surface area contributed by atoms with E-state index in [1.165, 1.54) is 4.90 Å². The first kappa shape index (κ1) is 17.1. The molecule has 1 saturated heterocycles. The molecule has 6 heteroatoms. The van der Waals surface area contributed by atoms with Crippen LogP contribution in [0.4, 0.5) is 4.79 Å². The van der Waals surface area contributed by atoms with E-state index in [9.17, 15) is 4.79 Å². The molecular formula is C20H21N3O2S. The standard InChI is InChI=1S/C20H21N3O2S/c24-20(23-10-9-17-3-1-2-4-19(17)23)21-15-16-5-7-18(8-6-16)26-22-11-13-25-14-12-22/h1-10H,11-15H2,(H,21,24). The van der Waals surface area contributed by atoms with Crippen LogP contribution in [-0.4, -0.2) is 41.2 Å². The number of fused-ring (bicyclic) bond motifs is 1. The average molecular weight is 367 g/mol. The summed E-state index contributed by atoms with van der Waals surface area (Å²) in [6.07, 6.45) is 1.81. The number of nitrogens with one attached hydrogen (secondary N) is 1. The van der Waals surface area contributed by atoms with Gasteiger partial charge in [-0.05, 0) is 41.8 Å². The molecule has 0 atom stereocenters. The largest absolute Gasteiger partial charge is 0.379 e. The van der Waals surface area contributed by atoms with Gasteiger partial charge in [0.15, 0.2) is 0 Å². The highest BCUT2D eigenvalue weighted by Crippen LogP contribution is 2.23. The molecule has 1 aliphatic heterocycles. The van der Waals surface area contributed by atoms with Crippen molar-refractivity contribution in [3.63, 3.8) is 0 Å². The Kier molecular flexibility index (Phi) is 5.24. The molecule has 0 radical (unpaired) electrons. The maximum absolute atomic E-state index is 12.5. The van der Waals surface area contributed by atoms with Gasteiger partial charge >= 0.3 is 6.03 Å². The minimum absolute atomic E-state index is 0.113. The molecule has 2 heterocycles. The summed E-state index contributed by atoms with van der Waals surface area (Å²) in [6, 6.07) is 18.0. The van der Waals surface area contributed by atoms with Crippen LogP contribution in [0, 0.1) is 0 Å². The van der Waals surface area contributed by atoms with Crippen LogP contribution in [0.3, 0.4) is 0 Å². The highest BCUT2D eigenvalue weighted by atomic mass is 32.2. The Morgan fingerprint density at radius 3 is 2.62 bits per heavy atom. The summed E-state index contributed by atoms with van der Waals surface area (Å²) in [7, 11) is 0. The Morgan fingerprint density at radius 1 is 1.04 bits per heavy atom. The van der Waals surface area contributed by atoms with Crippen molar-refractivity contribution in [3.8, 4) is 0 Å². The molecular weight excluding hydrogens is 346 g/mol. The van der Waals surface area contributed by atoms with E-state index < -0.39 is 0 Å². The zero-order chi connectivity index (χ0) is 17.8. The number of rotatable bonds is 4. The maximum atomic E-state index is 12.5. The van der Waals surface area contributed by atoms with Crippen LogP contribution >= 0.6 is 11.9 Å². The Labute approximate surface area is 157 Å². The van der Waals surface area contributed by atoms with Crippen LogP contribution in [0.25, 0.3) is 10.9 Å². The van der Waals surface area contributed by atoms with E-state index in [-0.39, 0.29) is 6.03 Å². The zero-order valence-electron chi connectivity index (χ0n) is 14.4. The lowest BCUT2D eigenvalue weighted by molar-refractivity contribution is 0.0773. The number of ether oxygens (including phenoxy) is 1. The molecule has 0 bridgehead atoms. The van der Waals surface area contributed by atoms with Crippen LogP contribution in [-0.2, 0) is 11.3 Å². The first-order valence-electron chi connectivity index (χ1n) is 8.73. The molecule has 2 aromatic carbocycles. The monoisotopic (exact) mass is 367 g/mol. The zero-order valence-corrected chi connectivity index (χ0v) is 15.2. The van der Waals surface area contributed by atoms with Crippen molar-refractivity contribution in [2.75, 3.05) is 26.3 Å². The van der Waals surface area contributed by atoms with Gasteiger partial charge in [-0.1, -0.05) is 30.3 Å². The van der Waals surface area contributed by atoms with Crippen LogP contribution in [0.5, 0.6) is 0 Å². The third-order valence-electron chi connectivity index (χ3n) is 4.39. The van der Waals surface area contributed by atoms with Crippen molar-refractivity contribution in [2.24, 2.45) is 0 Å². The molecule has 26 heavy (non-hydrogen) atoms. The predicted molar refractivity (Wildman–Crippen MR) is 104 cm³/mol. The Hall–Kier alpha value is -2.28. The molecule has 0 aliphatic carbocycles. The molecule has 4 rings (SSSR count). The minimum atomic E-state index is -0.113. The quantitative estimate of drug-likeness (QED) is 0.714. The second-order valence-corrected chi connectivity index (χ2v) is 7.35. The van der Waals surface area contributed by atoms with Gasteiger partial charge < -0.3 is 10.1 Å². The summed E-state index contributed by atoms with van der Waals surface area (Å²) >= 11 is 1.76. The van der Waals surface area contributed by atoms with E-state index in [1.807, 2.05) is 36.5 Å². The predicted octanol–water partition coefficient (Wildman–Crippen LogP) is 3.74. The second kappa shape index (κ2) is 7.95. The van der Waals surface area contributed by atoms with Gasteiger partial charge in [0.05, 0.1) is 18.7 Å². The van der Waals surface area contributed by atoms with Gasteiger partial charge in [0.2, 0.25) is 0 Å². The topological polar surface area (TPSA) is 46.5 Å². The van der Waals surface area contributed by atoms with E-state index >= 15 is 0 Å². The number of para-hydroxylation sites is 1. The summed E-state index contributed by atoms with van der Waals surface area (Å²) in [5, 5.41) is 4.05. The van der Waals surface area contributed by atoms with Crippen LogP contribution in [0.1, 0.15) is 5.56 Å². The van der Waals surface area contributed by atoms with Gasteiger partial charge in [-0.15, -0.1) is 0 Å². The van der Waals surface area contributed by atoms with Gasteiger partial charge in [0.25, 0.3) is 0 Å². The van der Waals surface area contributed by atoms with Crippen molar-refractivity contribution < 1.29 is 9.53 Å². The van der Waals surface area contributed by atoms with Crippen molar-refractivity contribution >= 4 is 28.9 Å². The third kappa shape index (κ3) is 3.93. The highest BCUT2D eigenvalue weighted by Gasteiger charge is 2.12. The summed E-state index contributed by atoms with van der Waals surface area (Å²) in [5.41, 5.74) is 2.00. The van der Waals surface area contributed by atoms with Gasteiger partial charge in [-0.2, -0.15) is 0 Å². The number of amides is 1. The number of carbonyl (C=O) groups excluding carboxylic acids is 1. The van der Waals surface area contributed by atoms with E-state index in [0.717, 1.165) is 42.8 Å². The molecule has 1 aromatic heterocycles. The molecule has 1 fully saturated rings. The molecule has 1 aliphatic rings. The molecule has 0 unspecified atom stereocenters. The molecule has 0 saturated carbocycles. The number of morpholine rings is 1. The van der Waals surface area contributed by atoms with Crippen molar-refractivity contribution in [2.45, 2.75) is 11.4 Å². The van der Waals surface area contributed by atoms with Crippen LogP contribution in [0.15, 0.2) is 65.7 Å². The van der Waals surface area contributed by atoms with Gasteiger partial charge in [-0.25, -0.2) is 9.10 Å². The van der Waals surface area contributed by atoms with E-state index in [2.05, 4.69) is 33.9 Å². The minimum Gasteiger partial charge on any atom is -0.379 e. The fraction of sp³-hybridized carbons (Fsp3) is 0.250. The number of hydrogen-bond acceptors (Lipinski definition) is 4. The molecule has 1 amide bonds. The maximum Gasteiger partial charge on any atom is 0.326 e. The lowest BCUT2D eigenvalue weighted by Crippen LogP contribution is -2.30. The van der Waals surface area contributed by atoms with Crippen LogP contribution < -0.4 is 5.32 Å². The normalized spacial score (nSPS) is 15.2. The average Bonchev–Trinajstić information content (AvgIpc) is 3.12. The summed E-state index contributed by atoms with van der Waals surface area (Å²) < 4.78 is 9.34. The molecule has 5 nitrogen and oxygen atoms in total. The smallest absolute Gasteiger partial charge is 0.326 e. The molecule has 1 N–H and O–H groups in total. The lowest BCUT2D eigenvalue weighted by atomic mass is 10.2. The number of carbonyl (C=O) groups is 1. The van der Waals surface area contributed by atoms with E-state index in [4.69, 9.17) is 4.74 Å². The number of aromatic nitrogens is 1. The third-order valence-corrected chi connectivity index (χ3v) is 5.50. The number of hydrogen-bond donors (Lipinski definition) is 1. The first-order valence-corrected chi connectivity index (χ1v) is 9.51. The summed E-state index contributed by atoms with van der Waals surface area (Å²) in [4.78, 5) is 13.7. The van der Waals surface area contributed by atoms with Crippen molar-refractivity contribution in [1.29, 1.82) is 0 Å². The van der Waals surface area contributed by atoms with E-state index in [1.54, 1.807) is 16.5 Å². The SMILES string of the molecule is O=C(NCc1ccc(SN2CCOCC2)cc1)n1ccc2ccccc21. The van der Waals surface area contributed by atoms with Crippen molar-refractivity contribution in [3.05, 3.63) is 66.4 Å². The fourth-order valence-electron chi connectivity index (χ4n) is 2.98. The number of nitrogens with zero attached hydrogens (tertiary/aromatic N) is 2. The molecule has 3 aromatic rings. The van der Waals surface area contributed by atoms with E-state index in [0.29, 0.717) is 6.54 Å².